The molecule has 1 aromatic rings. The summed E-state index contributed by atoms with van der Waals surface area (Å²) in [6, 6.07) is 6.36. The molecular formula is C18H31NO2. The van der Waals surface area contributed by atoms with E-state index in [4.69, 9.17) is 15.2 Å². The lowest BCUT2D eigenvalue weighted by Crippen LogP contribution is -2.32. The van der Waals surface area contributed by atoms with Crippen LogP contribution in [0, 0.1) is 5.92 Å². The monoisotopic (exact) mass is 293 g/mol. The Morgan fingerprint density at radius 1 is 0.952 bits per heavy atom. The molecule has 0 aromatic heterocycles. The minimum Gasteiger partial charge on any atom is -0.490 e. The van der Waals surface area contributed by atoms with E-state index in [-0.39, 0.29) is 6.04 Å². The normalized spacial score (nSPS) is 14.0. The molecule has 120 valence electrons. The molecular weight excluding hydrogens is 262 g/mol. The van der Waals surface area contributed by atoms with E-state index in [1.165, 1.54) is 5.56 Å². The fourth-order valence-corrected chi connectivity index (χ4v) is 2.26. The molecule has 2 atom stereocenters. The SMILES string of the molecule is CCCOc1ccc(C(C)C(N)C(C)C)cc1OCCC. The summed E-state index contributed by atoms with van der Waals surface area (Å²) in [6.07, 6.45) is 1.97. The van der Waals surface area contributed by atoms with Crippen molar-refractivity contribution < 1.29 is 9.47 Å². The van der Waals surface area contributed by atoms with E-state index in [1.54, 1.807) is 0 Å². The molecule has 0 fully saturated rings. The van der Waals surface area contributed by atoms with Crippen LogP contribution in [-0.2, 0) is 0 Å². The van der Waals surface area contributed by atoms with Gasteiger partial charge in [-0.1, -0.05) is 40.7 Å². The smallest absolute Gasteiger partial charge is 0.161 e. The van der Waals surface area contributed by atoms with Gasteiger partial charge in [0.05, 0.1) is 13.2 Å². The van der Waals surface area contributed by atoms with Gasteiger partial charge in [-0.25, -0.2) is 0 Å². The Morgan fingerprint density at radius 2 is 1.52 bits per heavy atom. The van der Waals surface area contributed by atoms with E-state index in [9.17, 15) is 0 Å². The minimum absolute atomic E-state index is 0.145. The minimum atomic E-state index is 0.145. The second-order valence-corrected chi connectivity index (χ2v) is 6.01. The molecule has 0 saturated carbocycles. The van der Waals surface area contributed by atoms with Crippen molar-refractivity contribution in [1.82, 2.24) is 0 Å². The fraction of sp³-hybridized carbons (Fsp3) is 0.667. The summed E-state index contributed by atoms with van der Waals surface area (Å²) in [5, 5.41) is 0. The Labute approximate surface area is 129 Å². The van der Waals surface area contributed by atoms with Gasteiger partial charge in [0.15, 0.2) is 11.5 Å². The highest BCUT2D eigenvalue weighted by Crippen LogP contribution is 2.33. The van der Waals surface area contributed by atoms with Crippen molar-refractivity contribution in [3.63, 3.8) is 0 Å². The third-order valence-electron chi connectivity index (χ3n) is 3.76. The predicted molar refractivity (Wildman–Crippen MR) is 89.2 cm³/mol. The summed E-state index contributed by atoms with van der Waals surface area (Å²) in [5.41, 5.74) is 7.50. The Hall–Kier alpha value is -1.22. The van der Waals surface area contributed by atoms with Crippen LogP contribution in [-0.4, -0.2) is 19.3 Å². The van der Waals surface area contributed by atoms with E-state index in [1.807, 2.05) is 6.07 Å². The maximum absolute atomic E-state index is 6.29. The molecule has 1 aromatic carbocycles. The van der Waals surface area contributed by atoms with Crippen LogP contribution in [0.25, 0.3) is 0 Å². The molecule has 0 radical (unpaired) electrons. The van der Waals surface area contributed by atoms with Crippen molar-refractivity contribution in [3.8, 4) is 11.5 Å². The quantitative estimate of drug-likeness (QED) is 0.736. The zero-order valence-corrected chi connectivity index (χ0v) is 14.2. The van der Waals surface area contributed by atoms with E-state index in [0.717, 1.165) is 24.3 Å². The van der Waals surface area contributed by atoms with Crippen molar-refractivity contribution in [2.24, 2.45) is 11.7 Å². The van der Waals surface area contributed by atoms with E-state index in [2.05, 4.69) is 46.8 Å². The Bertz CT molecular complexity index is 418. The van der Waals surface area contributed by atoms with Gasteiger partial charge in [0.25, 0.3) is 0 Å². The highest BCUT2D eigenvalue weighted by Gasteiger charge is 2.19. The average molecular weight is 293 g/mol. The third-order valence-corrected chi connectivity index (χ3v) is 3.76. The van der Waals surface area contributed by atoms with Crippen molar-refractivity contribution in [1.29, 1.82) is 0 Å². The highest BCUT2D eigenvalue weighted by atomic mass is 16.5. The molecule has 21 heavy (non-hydrogen) atoms. The molecule has 0 aliphatic carbocycles. The van der Waals surface area contributed by atoms with Crippen LogP contribution in [0.3, 0.4) is 0 Å². The zero-order chi connectivity index (χ0) is 15.8. The van der Waals surface area contributed by atoms with Gasteiger partial charge in [-0.2, -0.15) is 0 Å². The number of ether oxygens (including phenoxy) is 2. The van der Waals surface area contributed by atoms with Crippen LogP contribution >= 0.6 is 0 Å². The molecule has 0 spiro atoms. The molecule has 2 N–H and O–H groups in total. The van der Waals surface area contributed by atoms with Crippen LogP contribution in [0.2, 0.25) is 0 Å². The van der Waals surface area contributed by atoms with Crippen molar-refractivity contribution in [2.45, 2.75) is 59.4 Å². The molecule has 0 saturated heterocycles. The first-order valence-corrected chi connectivity index (χ1v) is 8.16. The van der Waals surface area contributed by atoms with Gasteiger partial charge >= 0.3 is 0 Å². The Morgan fingerprint density at radius 3 is 2.05 bits per heavy atom. The molecule has 0 heterocycles. The first kappa shape index (κ1) is 17.8. The van der Waals surface area contributed by atoms with Gasteiger partial charge in [-0.3, -0.25) is 0 Å². The van der Waals surface area contributed by atoms with E-state index < -0.39 is 0 Å². The largest absolute Gasteiger partial charge is 0.490 e. The fourth-order valence-electron chi connectivity index (χ4n) is 2.26. The molecule has 0 amide bonds. The molecule has 0 aliphatic heterocycles. The second kappa shape index (κ2) is 8.93. The predicted octanol–water partition coefficient (Wildman–Crippen LogP) is 4.35. The van der Waals surface area contributed by atoms with E-state index in [0.29, 0.717) is 25.0 Å². The topological polar surface area (TPSA) is 44.5 Å². The van der Waals surface area contributed by atoms with Crippen LogP contribution in [0.15, 0.2) is 18.2 Å². The molecule has 0 aliphatic rings. The summed E-state index contributed by atoms with van der Waals surface area (Å²) in [6.45, 7) is 12.1. The number of benzene rings is 1. The number of hydrogen-bond donors (Lipinski definition) is 1. The highest BCUT2D eigenvalue weighted by molar-refractivity contribution is 5.44. The second-order valence-electron chi connectivity index (χ2n) is 6.01. The maximum atomic E-state index is 6.29. The van der Waals surface area contributed by atoms with Crippen LogP contribution in [0.1, 0.15) is 58.9 Å². The summed E-state index contributed by atoms with van der Waals surface area (Å²) in [7, 11) is 0. The lowest BCUT2D eigenvalue weighted by atomic mass is 9.87. The molecule has 3 nitrogen and oxygen atoms in total. The standard InChI is InChI=1S/C18H31NO2/c1-6-10-20-16-9-8-15(12-17(16)21-11-7-2)14(5)18(19)13(3)4/h8-9,12-14,18H,6-7,10-11,19H2,1-5H3. The van der Waals surface area contributed by atoms with Gasteiger partial charge in [0.2, 0.25) is 0 Å². The first-order valence-electron chi connectivity index (χ1n) is 8.16. The zero-order valence-electron chi connectivity index (χ0n) is 14.2. The lowest BCUT2D eigenvalue weighted by molar-refractivity contribution is 0.267. The van der Waals surface area contributed by atoms with E-state index >= 15 is 0 Å². The maximum Gasteiger partial charge on any atom is 0.161 e. The summed E-state index contributed by atoms with van der Waals surface area (Å²) >= 11 is 0. The first-order chi connectivity index (χ1) is 10.0. The van der Waals surface area contributed by atoms with Gasteiger partial charge in [-0.05, 0) is 42.4 Å². The van der Waals surface area contributed by atoms with Crippen molar-refractivity contribution in [3.05, 3.63) is 23.8 Å². The number of rotatable bonds is 9. The van der Waals surface area contributed by atoms with Crippen LogP contribution in [0.5, 0.6) is 11.5 Å². The molecule has 3 heteroatoms. The van der Waals surface area contributed by atoms with Crippen LogP contribution < -0.4 is 15.2 Å². The summed E-state index contributed by atoms with van der Waals surface area (Å²) < 4.78 is 11.6. The lowest BCUT2D eigenvalue weighted by Gasteiger charge is -2.24. The van der Waals surface area contributed by atoms with Gasteiger partial charge < -0.3 is 15.2 Å². The van der Waals surface area contributed by atoms with Gasteiger partial charge in [0.1, 0.15) is 0 Å². The molecule has 2 unspecified atom stereocenters. The van der Waals surface area contributed by atoms with Gasteiger partial charge in [-0.15, -0.1) is 0 Å². The van der Waals surface area contributed by atoms with Gasteiger partial charge in [0, 0.05) is 6.04 Å². The third kappa shape index (κ3) is 5.24. The summed E-state index contributed by atoms with van der Waals surface area (Å²) in [4.78, 5) is 0. The Balaban J connectivity index is 2.96. The average Bonchev–Trinajstić information content (AvgIpc) is 2.49. The number of nitrogens with two attached hydrogens (primary N) is 1. The van der Waals surface area contributed by atoms with Crippen molar-refractivity contribution >= 4 is 0 Å². The molecule has 1 rings (SSSR count). The number of hydrogen-bond acceptors (Lipinski definition) is 3. The van der Waals surface area contributed by atoms with Crippen molar-refractivity contribution in [2.75, 3.05) is 13.2 Å². The van der Waals surface area contributed by atoms with Crippen LogP contribution in [0.4, 0.5) is 0 Å². The summed E-state index contributed by atoms with van der Waals surface area (Å²) in [5.74, 6) is 2.43. The Kier molecular flexibility index (Phi) is 7.58. The molecule has 0 bridgehead atoms.